The van der Waals surface area contributed by atoms with E-state index in [9.17, 15) is 4.79 Å². The first-order valence-corrected chi connectivity index (χ1v) is 8.53. The molecule has 2 fully saturated rings. The molecule has 2 heterocycles. The standard InChI is InChI=1S/C16H31N3O2/c1-3-14(2)17-16(20)13-19-9-7-18(8-10-19)12-15-6-4-5-11-21-15/h14-15H,3-13H2,1-2H3,(H,17,20). The quantitative estimate of drug-likeness (QED) is 0.797. The number of hydrogen-bond donors (Lipinski definition) is 1. The first-order valence-electron chi connectivity index (χ1n) is 8.53. The van der Waals surface area contributed by atoms with Crippen molar-refractivity contribution in [2.75, 3.05) is 45.9 Å². The molecule has 21 heavy (non-hydrogen) atoms. The van der Waals surface area contributed by atoms with E-state index in [1.165, 1.54) is 19.3 Å². The summed E-state index contributed by atoms with van der Waals surface area (Å²) in [5.74, 6) is 0.161. The molecule has 2 saturated heterocycles. The molecule has 0 saturated carbocycles. The predicted octanol–water partition coefficient (Wildman–Crippen LogP) is 1.09. The highest BCUT2D eigenvalue weighted by molar-refractivity contribution is 5.78. The highest BCUT2D eigenvalue weighted by Crippen LogP contribution is 2.14. The van der Waals surface area contributed by atoms with Gasteiger partial charge in [0.25, 0.3) is 0 Å². The van der Waals surface area contributed by atoms with Crippen molar-refractivity contribution in [3.05, 3.63) is 0 Å². The minimum Gasteiger partial charge on any atom is -0.377 e. The van der Waals surface area contributed by atoms with Crippen molar-refractivity contribution in [1.82, 2.24) is 15.1 Å². The topological polar surface area (TPSA) is 44.8 Å². The molecule has 0 aliphatic carbocycles. The van der Waals surface area contributed by atoms with Gasteiger partial charge in [-0.25, -0.2) is 0 Å². The summed E-state index contributed by atoms with van der Waals surface area (Å²) in [4.78, 5) is 16.6. The van der Waals surface area contributed by atoms with Crippen molar-refractivity contribution < 1.29 is 9.53 Å². The van der Waals surface area contributed by atoms with E-state index in [-0.39, 0.29) is 11.9 Å². The normalized spacial score (nSPS) is 26.5. The van der Waals surface area contributed by atoms with Crippen LogP contribution in [0.1, 0.15) is 39.5 Å². The Balaban J connectivity index is 1.62. The molecule has 5 nitrogen and oxygen atoms in total. The molecular weight excluding hydrogens is 266 g/mol. The van der Waals surface area contributed by atoms with Gasteiger partial charge in [0.05, 0.1) is 12.6 Å². The van der Waals surface area contributed by atoms with Gasteiger partial charge in [-0.2, -0.15) is 0 Å². The van der Waals surface area contributed by atoms with E-state index in [1.54, 1.807) is 0 Å². The van der Waals surface area contributed by atoms with Crippen LogP contribution < -0.4 is 5.32 Å². The number of rotatable bonds is 6. The molecule has 2 unspecified atom stereocenters. The number of hydrogen-bond acceptors (Lipinski definition) is 4. The maximum Gasteiger partial charge on any atom is 0.234 e. The smallest absolute Gasteiger partial charge is 0.234 e. The van der Waals surface area contributed by atoms with Crippen molar-refractivity contribution in [2.24, 2.45) is 0 Å². The van der Waals surface area contributed by atoms with Gasteiger partial charge in [-0.1, -0.05) is 6.92 Å². The molecule has 1 amide bonds. The van der Waals surface area contributed by atoms with Crippen molar-refractivity contribution in [3.63, 3.8) is 0 Å². The Kier molecular flexibility index (Phi) is 6.93. The van der Waals surface area contributed by atoms with Crippen LogP contribution in [0.5, 0.6) is 0 Å². The summed E-state index contributed by atoms with van der Waals surface area (Å²) in [6.45, 7) is 10.8. The second-order valence-electron chi connectivity index (χ2n) is 6.44. The van der Waals surface area contributed by atoms with E-state index in [0.717, 1.165) is 45.8 Å². The second kappa shape index (κ2) is 8.71. The molecule has 2 atom stereocenters. The summed E-state index contributed by atoms with van der Waals surface area (Å²) in [5.41, 5.74) is 0. The molecular formula is C16H31N3O2. The molecule has 0 spiro atoms. The van der Waals surface area contributed by atoms with Gasteiger partial charge in [-0.3, -0.25) is 14.6 Å². The van der Waals surface area contributed by atoms with Crippen LogP contribution in [-0.2, 0) is 9.53 Å². The van der Waals surface area contributed by atoms with Gasteiger partial charge in [-0.05, 0) is 32.6 Å². The zero-order valence-corrected chi connectivity index (χ0v) is 13.6. The van der Waals surface area contributed by atoms with Crippen molar-refractivity contribution in [1.29, 1.82) is 0 Å². The van der Waals surface area contributed by atoms with E-state index in [1.807, 2.05) is 0 Å². The number of amides is 1. The highest BCUT2D eigenvalue weighted by Gasteiger charge is 2.23. The Morgan fingerprint density at radius 3 is 2.57 bits per heavy atom. The van der Waals surface area contributed by atoms with Gasteiger partial charge in [0.2, 0.25) is 5.91 Å². The lowest BCUT2D eigenvalue weighted by atomic mass is 10.1. The Hall–Kier alpha value is -0.650. The van der Waals surface area contributed by atoms with Crippen LogP contribution in [0.25, 0.3) is 0 Å². The monoisotopic (exact) mass is 297 g/mol. The van der Waals surface area contributed by atoms with Gasteiger partial charge >= 0.3 is 0 Å². The molecule has 2 aliphatic rings. The lowest BCUT2D eigenvalue weighted by Gasteiger charge is -2.36. The Morgan fingerprint density at radius 1 is 1.24 bits per heavy atom. The third-order valence-corrected chi connectivity index (χ3v) is 4.59. The number of ether oxygens (including phenoxy) is 1. The lowest BCUT2D eigenvalue weighted by molar-refractivity contribution is -0.123. The molecule has 0 aromatic rings. The summed E-state index contributed by atoms with van der Waals surface area (Å²) in [5, 5.41) is 3.04. The van der Waals surface area contributed by atoms with Gasteiger partial charge < -0.3 is 10.1 Å². The van der Waals surface area contributed by atoms with E-state index < -0.39 is 0 Å². The van der Waals surface area contributed by atoms with Crippen LogP contribution >= 0.6 is 0 Å². The van der Waals surface area contributed by atoms with Gasteiger partial charge in [-0.15, -0.1) is 0 Å². The van der Waals surface area contributed by atoms with Crippen LogP contribution in [0.2, 0.25) is 0 Å². The molecule has 0 aromatic carbocycles. The number of piperazine rings is 1. The summed E-state index contributed by atoms with van der Waals surface area (Å²) < 4.78 is 5.81. The Labute approximate surface area is 129 Å². The van der Waals surface area contributed by atoms with E-state index in [0.29, 0.717) is 12.6 Å². The van der Waals surface area contributed by atoms with Crippen LogP contribution in [0.4, 0.5) is 0 Å². The van der Waals surface area contributed by atoms with Gasteiger partial charge in [0.15, 0.2) is 0 Å². The average Bonchev–Trinajstić information content (AvgIpc) is 2.50. The van der Waals surface area contributed by atoms with Crippen LogP contribution in [0.3, 0.4) is 0 Å². The minimum absolute atomic E-state index is 0.161. The average molecular weight is 297 g/mol. The molecule has 2 rings (SSSR count). The van der Waals surface area contributed by atoms with Gasteiger partial charge in [0, 0.05) is 45.4 Å². The number of carbonyl (C=O) groups is 1. The summed E-state index contributed by atoms with van der Waals surface area (Å²) >= 11 is 0. The van der Waals surface area contributed by atoms with Crippen molar-refractivity contribution in [3.8, 4) is 0 Å². The Morgan fingerprint density at radius 2 is 1.95 bits per heavy atom. The fourth-order valence-corrected chi connectivity index (χ4v) is 2.99. The molecule has 2 aliphatic heterocycles. The third-order valence-electron chi connectivity index (χ3n) is 4.59. The van der Waals surface area contributed by atoms with Gasteiger partial charge in [0.1, 0.15) is 0 Å². The fraction of sp³-hybridized carbons (Fsp3) is 0.938. The summed E-state index contributed by atoms with van der Waals surface area (Å²) in [7, 11) is 0. The maximum absolute atomic E-state index is 11.9. The summed E-state index contributed by atoms with van der Waals surface area (Å²) in [6.07, 6.45) is 5.15. The number of nitrogens with one attached hydrogen (secondary N) is 1. The van der Waals surface area contributed by atoms with Crippen molar-refractivity contribution >= 4 is 5.91 Å². The molecule has 1 N–H and O–H groups in total. The van der Waals surface area contributed by atoms with Crippen LogP contribution in [-0.4, -0.2) is 73.7 Å². The number of carbonyl (C=O) groups excluding carboxylic acids is 1. The third kappa shape index (κ3) is 5.93. The second-order valence-corrected chi connectivity index (χ2v) is 6.44. The molecule has 122 valence electrons. The Bertz CT molecular complexity index is 311. The zero-order valence-electron chi connectivity index (χ0n) is 13.6. The molecule has 0 bridgehead atoms. The molecule has 0 radical (unpaired) electrons. The zero-order chi connectivity index (χ0) is 15.1. The maximum atomic E-state index is 11.9. The number of nitrogens with zero attached hydrogens (tertiary/aromatic N) is 2. The predicted molar refractivity (Wildman–Crippen MR) is 84.4 cm³/mol. The summed E-state index contributed by atoms with van der Waals surface area (Å²) in [6, 6.07) is 0.280. The first-order chi connectivity index (χ1) is 10.2. The molecule has 5 heteroatoms. The lowest BCUT2D eigenvalue weighted by Crippen LogP contribution is -2.51. The molecule has 0 aromatic heterocycles. The van der Waals surface area contributed by atoms with E-state index in [4.69, 9.17) is 4.74 Å². The van der Waals surface area contributed by atoms with Crippen LogP contribution in [0.15, 0.2) is 0 Å². The van der Waals surface area contributed by atoms with Crippen LogP contribution in [0, 0.1) is 0 Å². The first kappa shape index (κ1) is 16.7. The van der Waals surface area contributed by atoms with E-state index in [2.05, 4.69) is 29.0 Å². The SMILES string of the molecule is CCC(C)NC(=O)CN1CCN(CC2CCCCO2)CC1. The highest BCUT2D eigenvalue weighted by atomic mass is 16.5. The minimum atomic E-state index is 0.161. The largest absolute Gasteiger partial charge is 0.377 e. The van der Waals surface area contributed by atoms with Crippen molar-refractivity contribution in [2.45, 2.75) is 51.7 Å². The fourth-order valence-electron chi connectivity index (χ4n) is 2.99. The van der Waals surface area contributed by atoms with E-state index >= 15 is 0 Å².